The Labute approximate surface area is 219 Å². The lowest BCUT2D eigenvalue weighted by atomic mass is 9.67. The molecule has 3 heteroatoms. The van der Waals surface area contributed by atoms with Crippen molar-refractivity contribution < 1.29 is 14.2 Å². The van der Waals surface area contributed by atoms with E-state index in [4.69, 9.17) is 14.2 Å². The summed E-state index contributed by atoms with van der Waals surface area (Å²) in [6, 6.07) is 33.9. The normalized spacial score (nSPS) is 20.2. The van der Waals surface area contributed by atoms with E-state index < -0.39 is 0 Å². The number of hydrogen-bond donors (Lipinski definition) is 0. The second kappa shape index (κ2) is 9.16. The van der Waals surface area contributed by atoms with Gasteiger partial charge in [0.05, 0.1) is 24.7 Å². The molecule has 186 valence electrons. The molecule has 3 aliphatic rings. The van der Waals surface area contributed by atoms with Crippen molar-refractivity contribution in [3.8, 4) is 16.9 Å². The molecule has 0 N–H and O–H groups in total. The van der Waals surface area contributed by atoms with Crippen molar-refractivity contribution in [3.63, 3.8) is 0 Å². The zero-order valence-electron chi connectivity index (χ0n) is 21.3. The highest BCUT2D eigenvalue weighted by atomic mass is 16.6. The lowest BCUT2D eigenvalue weighted by Gasteiger charge is -2.34. The summed E-state index contributed by atoms with van der Waals surface area (Å²) < 4.78 is 16.8. The second-order valence-electron chi connectivity index (χ2n) is 10.6. The van der Waals surface area contributed by atoms with Crippen molar-refractivity contribution in [1.29, 1.82) is 0 Å². The summed E-state index contributed by atoms with van der Waals surface area (Å²) in [5, 5.41) is 0. The van der Waals surface area contributed by atoms with Gasteiger partial charge in [0.15, 0.2) is 0 Å². The molecular formula is C34H32O3. The fourth-order valence-electron chi connectivity index (χ4n) is 6.11. The first-order valence-corrected chi connectivity index (χ1v) is 13.5. The Hall–Kier alpha value is -3.40. The van der Waals surface area contributed by atoms with E-state index >= 15 is 0 Å². The number of ether oxygens (including phenoxy) is 3. The first-order chi connectivity index (χ1) is 18.2. The Morgan fingerprint density at radius 1 is 0.757 bits per heavy atom. The number of rotatable bonds is 9. The summed E-state index contributed by atoms with van der Waals surface area (Å²) in [6.45, 7) is 4.51. The Balaban J connectivity index is 1.34. The molecule has 0 bridgehead atoms. The van der Waals surface area contributed by atoms with Crippen LogP contribution in [0.1, 0.15) is 46.2 Å². The van der Waals surface area contributed by atoms with E-state index in [1.165, 1.54) is 45.4 Å². The van der Waals surface area contributed by atoms with Gasteiger partial charge in [0.25, 0.3) is 0 Å². The van der Waals surface area contributed by atoms with E-state index in [2.05, 4.69) is 97.9 Å². The Kier molecular flexibility index (Phi) is 5.64. The minimum atomic E-state index is -0.379. The van der Waals surface area contributed by atoms with Crippen molar-refractivity contribution in [2.45, 2.75) is 43.8 Å². The van der Waals surface area contributed by atoms with Gasteiger partial charge >= 0.3 is 0 Å². The standard InChI is InChI=1S/C34H32O3/c1-23-19-26(17-18-33(23)37-22-28-21-36-28)34(25-15-13-24(14-16-25)7-6-8-27-20-35-27)31-11-4-2-9-29(31)30-10-3-5-12-32(30)34/h2-5,9-19,27-28H,6-8,20-22H2,1H3. The van der Waals surface area contributed by atoms with E-state index in [1.807, 2.05) is 0 Å². The SMILES string of the molecule is Cc1cc(C2(c3ccc(CCCC4CO4)cc3)c3ccccc3-c3ccccc32)ccc1OCC1CO1. The largest absolute Gasteiger partial charge is 0.491 e. The van der Waals surface area contributed by atoms with Crippen molar-refractivity contribution in [2.24, 2.45) is 0 Å². The Morgan fingerprint density at radius 3 is 2.00 bits per heavy atom. The van der Waals surface area contributed by atoms with Crippen LogP contribution in [0, 0.1) is 6.92 Å². The maximum Gasteiger partial charge on any atom is 0.122 e. The molecule has 4 aromatic carbocycles. The Morgan fingerprint density at radius 2 is 1.38 bits per heavy atom. The summed E-state index contributed by atoms with van der Waals surface area (Å²) >= 11 is 0. The maximum atomic E-state index is 6.10. The molecule has 7 rings (SSSR count). The molecular weight excluding hydrogens is 456 g/mol. The molecule has 0 spiro atoms. The van der Waals surface area contributed by atoms with Gasteiger partial charge in [-0.05, 0) is 76.8 Å². The fourth-order valence-corrected chi connectivity index (χ4v) is 6.11. The van der Waals surface area contributed by atoms with Crippen molar-refractivity contribution >= 4 is 0 Å². The summed E-state index contributed by atoms with van der Waals surface area (Å²) in [5.41, 5.74) is 10.1. The molecule has 2 atom stereocenters. The van der Waals surface area contributed by atoms with Gasteiger partial charge in [0.2, 0.25) is 0 Å². The van der Waals surface area contributed by atoms with Gasteiger partial charge in [-0.15, -0.1) is 0 Å². The minimum absolute atomic E-state index is 0.245. The molecule has 0 radical (unpaired) electrons. The highest BCUT2D eigenvalue weighted by Gasteiger charge is 2.46. The third-order valence-corrected chi connectivity index (χ3v) is 8.17. The molecule has 3 nitrogen and oxygen atoms in total. The first-order valence-electron chi connectivity index (χ1n) is 13.5. The molecule has 0 saturated carbocycles. The van der Waals surface area contributed by atoms with Crippen LogP contribution in [0.2, 0.25) is 0 Å². The first kappa shape index (κ1) is 22.8. The van der Waals surface area contributed by atoms with Crippen LogP contribution in [0.5, 0.6) is 5.75 Å². The Bertz CT molecular complexity index is 1380. The molecule has 2 aliphatic heterocycles. The predicted octanol–water partition coefficient (Wildman–Crippen LogP) is 6.86. The maximum absolute atomic E-state index is 6.10. The third kappa shape index (κ3) is 4.07. The molecule has 2 unspecified atom stereocenters. The zero-order valence-corrected chi connectivity index (χ0v) is 21.3. The molecule has 37 heavy (non-hydrogen) atoms. The van der Waals surface area contributed by atoms with Crippen molar-refractivity contribution in [3.05, 3.63) is 124 Å². The number of fused-ring (bicyclic) bond motifs is 3. The average molecular weight is 489 g/mol. The van der Waals surface area contributed by atoms with Gasteiger partial charge in [-0.3, -0.25) is 0 Å². The quantitative estimate of drug-likeness (QED) is 0.213. The highest BCUT2D eigenvalue weighted by molar-refractivity contribution is 5.86. The van der Waals surface area contributed by atoms with Gasteiger partial charge in [-0.1, -0.05) is 84.9 Å². The number of benzene rings is 4. The van der Waals surface area contributed by atoms with Gasteiger partial charge in [-0.25, -0.2) is 0 Å². The predicted molar refractivity (Wildman–Crippen MR) is 146 cm³/mol. The minimum Gasteiger partial charge on any atom is -0.491 e. The highest BCUT2D eigenvalue weighted by Crippen LogP contribution is 2.56. The summed E-state index contributed by atoms with van der Waals surface area (Å²) in [7, 11) is 0. The third-order valence-electron chi connectivity index (χ3n) is 8.17. The van der Waals surface area contributed by atoms with Gasteiger partial charge in [-0.2, -0.15) is 0 Å². The van der Waals surface area contributed by atoms with Crippen molar-refractivity contribution in [2.75, 3.05) is 19.8 Å². The van der Waals surface area contributed by atoms with Crippen LogP contribution in [0.3, 0.4) is 0 Å². The average Bonchev–Trinajstić information content (AvgIpc) is 3.87. The topological polar surface area (TPSA) is 34.3 Å². The number of hydrogen-bond acceptors (Lipinski definition) is 3. The van der Waals surface area contributed by atoms with E-state index in [1.54, 1.807) is 0 Å². The molecule has 0 aromatic heterocycles. The van der Waals surface area contributed by atoms with Crippen LogP contribution in [0.4, 0.5) is 0 Å². The van der Waals surface area contributed by atoms with Crippen LogP contribution >= 0.6 is 0 Å². The van der Waals surface area contributed by atoms with E-state index in [9.17, 15) is 0 Å². The smallest absolute Gasteiger partial charge is 0.122 e. The molecule has 4 aromatic rings. The van der Waals surface area contributed by atoms with Crippen LogP contribution in [0.25, 0.3) is 11.1 Å². The van der Waals surface area contributed by atoms with Crippen LogP contribution in [-0.4, -0.2) is 32.0 Å². The zero-order chi connectivity index (χ0) is 24.8. The van der Waals surface area contributed by atoms with Gasteiger partial charge in [0.1, 0.15) is 18.5 Å². The summed E-state index contributed by atoms with van der Waals surface area (Å²) in [6.07, 6.45) is 4.17. The monoisotopic (exact) mass is 488 g/mol. The van der Waals surface area contributed by atoms with Gasteiger partial charge in [0, 0.05) is 0 Å². The van der Waals surface area contributed by atoms with Crippen LogP contribution in [-0.2, 0) is 21.3 Å². The lowest BCUT2D eigenvalue weighted by molar-refractivity contribution is 0.261. The van der Waals surface area contributed by atoms with Crippen LogP contribution < -0.4 is 4.74 Å². The fraction of sp³-hybridized carbons (Fsp3) is 0.294. The molecule has 2 saturated heterocycles. The molecule has 2 heterocycles. The van der Waals surface area contributed by atoms with Crippen LogP contribution in [0.15, 0.2) is 91.0 Å². The molecule has 0 amide bonds. The molecule has 2 fully saturated rings. The van der Waals surface area contributed by atoms with E-state index in [-0.39, 0.29) is 11.5 Å². The number of epoxide rings is 2. The van der Waals surface area contributed by atoms with Crippen molar-refractivity contribution in [1.82, 2.24) is 0 Å². The summed E-state index contributed by atoms with van der Waals surface area (Å²) in [4.78, 5) is 0. The van der Waals surface area contributed by atoms with Gasteiger partial charge < -0.3 is 14.2 Å². The summed E-state index contributed by atoms with van der Waals surface area (Å²) in [5.74, 6) is 0.934. The second-order valence-corrected chi connectivity index (χ2v) is 10.6. The number of aryl methyl sites for hydroxylation is 2. The van der Waals surface area contributed by atoms with E-state index in [0.29, 0.717) is 12.7 Å². The lowest BCUT2D eigenvalue weighted by Crippen LogP contribution is -2.28. The van der Waals surface area contributed by atoms with E-state index in [0.717, 1.165) is 37.4 Å². The molecule has 1 aliphatic carbocycles.